The Hall–Kier alpha value is -3.86. The average molecular weight is 386 g/mol. The lowest BCUT2D eigenvalue weighted by atomic mass is 10.1. The number of fused-ring (bicyclic) bond motifs is 1. The third kappa shape index (κ3) is 4.04. The molecule has 4 aromatic rings. The molecule has 5 heteroatoms. The van der Waals surface area contributed by atoms with Crippen LogP contribution in [0.15, 0.2) is 83.3 Å². The van der Waals surface area contributed by atoms with Gasteiger partial charge >= 0.3 is 11.9 Å². The van der Waals surface area contributed by atoms with Gasteiger partial charge in [-0.1, -0.05) is 48.5 Å². The van der Waals surface area contributed by atoms with E-state index in [1.807, 2.05) is 42.5 Å². The summed E-state index contributed by atoms with van der Waals surface area (Å²) >= 11 is 0. The van der Waals surface area contributed by atoms with Crippen LogP contribution in [0.3, 0.4) is 0 Å². The van der Waals surface area contributed by atoms with Crippen molar-refractivity contribution in [1.82, 2.24) is 0 Å². The van der Waals surface area contributed by atoms with E-state index < -0.39 is 5.97 Å². The Morgan fingerprint density at radius 3 is 2.28 bits per heavy atom. The van der Waals surface area contributed by atoms with Gasteiger partial charge in [-0.05, 0) is 35.9 Å². The number of carbonyl (C=O) groups is 2. The van der Waals surface area contributed by atoms with Crippen LogP contribution in [-0.4, -0.2) is 19.0 Å². The van der Waals surface area contributed by atoms with Gasteiger partial charge in [0.25, 0.3) is 0 Å². The first-order valence-electron chi connectivity index (χ1n) is 9.07. The Labute approximate surface area is 167 Å². The second-order valence-electron chi connectivity index (χ2n) is 6.49. The van der Waals surface area contributed by atoms with Gasteiger partial charge in [-0.15, -0.1) is 0 Å². The van der Waals surface area contributed by atoms with Gasteiger partial charge < -0.3 is 13.9 Å². The van der Waals surface area contributed by atoms with E-state index in [0.717, 1.165) is 16.5 Å². The Bertz CT molecular complexity index is 1160. The van der Waals surface area contributed by atoms with Gasteiger partial charge in [-0.25, -0.2) is 9.59 Å². The third-order valence-corrected chi connectivity index (χ3v) is 4.56. The maximum Gasteiger partial charge on any atom is 0.338 e. The number of methoxy groups -OCH3 is 1. The summed E-state index contributed by atoms with van der Waals surface area (Å²) in [6, 6.07) is 23.6. The standard InChI is InChI=1S/C24H18O5/c1-27-23(25)20-12-11-19-13-21(29-22(19)14-20)17-7-9-18(10-8-17)24(26)28-15-16-5-3-2-4-6-16/h2-14H,15H2,1H3. The number of esters is 2. The van der Waals surface area contributed by atoms with E-state index in [1.54, 1.807) is 36.4 Å². The fourth-order valence-corrected chi connectivity index (χ4v) is 3.00. The maximum absolute atomic E-state index is 12.2. The highest BCUT2D eigenvalue weighted by Gasteiger charge is 2.12. The second-order valence-corrected chi connectivity index (χ2v) is 6.49. The van der Waals surface area contributed by atoms with Gasteiger partial charge in [-0.2, -0.15) is 0 Å². The van der Waals surface area contributed by atoms with Crippen LogP contribution in [0.25, 0.3) is 22.3 Å². The molecule has 0 saturated carbocycles. The molecule has 0 aliphatic rings. The topological polar surface area (TPSA) is 65.7 Å². The molecule has 1 heterocycles. The van der Waals surface area contributed by atoms with E-state index in [1.165, 1.54) is 7.11 Å². The third-order valence-electron chi connectivity index (χ3n) is 4.56. The van der Waals surface area contributed by atoms with Gasteiger partial charge in [0.1, 0.15) is 18.0 Å². The molecule has 1 aromatic heterocycles. The SMILES string of the molecule is COC(=O)c1ccc2cc(-c3ccc(C(=O)OCc4ccccc4)cc3)oc2c1. The molecule has 0 atom stereocenters. The van der Waals surface area contributed by atoms with Gasteiger partial charge in [0, 0.05) is 10.9 Å². The quantitative estimate of drug-likeness (QED) is 0.439. The lowest BCUT2D eigenvalue weighted by Gasteiger charge is -2.05. The first-order chi connectivity index (χ1) is 14.1. The fraction of sp³-hybridized carbons (Fsp3) is 0.0833. The van der Waals surface area contributed by atoms with Gasteiger partial charge in [0.15, 0.2) is 0 Å². The second kappa shape index (κ2) is 8.02. The maximum atomic E-state index is 12.2. The highest BCUT2D eigenvalue weighted by atomic mass is 16.5. The molecule has 4 rings (SSSR count). The van der Waals surface area contributed by atoms with Crippen molar-refractivity contribution in [2.45, 2.75) is 6.61 Å². The van der Waals surface area contributed by atoms with Crippen molar-refractivity contribution in [3.05, 3.63) is 95.6 Å². The van der Waals surface area contributed by atoms with Crippen molar-refractivity contribution in [2.24, 2.45) is 0 Å². The summed E-state index contributed by atoms with van der Waals surface area (Å²) in [6.07, 6.45) is 0. The molecule has 0 saturated heterocycles. The molecule has 0 fully saturated rings. The summed E-state index contributed by atoms with van der Waals surface area (Å²) < 4.78 is 16.0. The minimum atomic E-state index is -0.414. The molecule has 3 aromatic carbocycles. The van der Waals surface area contributed by atoms with E-state index in [0.29, 0.717) is 22.5 Å². The largest absolute Gasteiger partial charge is 0.465 e. The van der Waals surface area contributed by atoms with Crippen LogP contribution in [0.1, 0.15) is 26.3 Å². The molecule has 0 N–H and O–H groups in total. The lowest BCUT2D eigenvalue weighted by Crippen LogP contribution is -2.04. The molecule has 0 radical (unpaired) electrons. The number of rotatable bonds is 5. The number of benzene rings is 3. The number of ether oxygens (including phenoxy) is 2. The molecule has 0 amide bonds. The summed E-state index contributed by atoms with van der Waals surface area (Å²) in [5, 5.41) is 0.874. The normalized spacial score (nSPS) is 10.7. The minimum absolute atomic E-state index is 0.230. The van der Waals surface area contributed by atoms with Crippen LogP contribution in [0, 0.1) is 0 Å². The van der Waals surface area contributed by atoms with Crippen molar-refractivity contribution in [2.75, 3.05) is 7.11 Å². The molecule has 144 valence electrons. The van der Waals surface area contributed by atoms with Crippen LogP contribution in [0.4, 0.5) is 0 Å². The monoisotopic (exact) mass is 386 g/mol. The van der Waals surface area contributed by atoms with Crippen molar-refractivity contribution in [3.8, 4) is 11.3 Å². The summed E-state index contributed by atoms with van der Waals surface area (Å²) in [4.78, 5) is 23.9. The highest BCUT2D eigenvalue weighted by Crippen LogP contribution is 2.29. The lowest BCUT2D eigenvalue weighted by molar-refractivity contribution is 0.0472. The zero-order chi connectivity index (χ0) is 20.2. The van der Waals surface area contributed by atoms with Crippen LogP contribution >= 0.6 is 0 Å². The van der Waals surface area contributed by atoms with Gasteiger partial charge in [0.2, 0.25) is 0 Å². The van der Waals surface area contributed by atoms with Crippen molar-refractivity contribution < 1.29 is 23.5 Å². The Morgan fingerprint density at radius 1 is 0.828 bits per heavy atom. The van der Waals surface area contributed by atoms with Gasteiger partial charge in [0.05, 0.1) is 18.2 Å². The number of hydrogen-bond donors (Lipinski definition) is 0. The van der Waals surface area contributed by atoms with Crippen LogP contribution < -0.4 is 0 Å². The summed E-state index contributed by atoms with van der Waals surface area (Å²) in [5.74, 6) is -0.151. The van der Waals surface area contributed by atoms with Crippen molar-refractivity contribution in [1.29, 1.82) is 0 Å². The molecule has 5 nitrogen and oxygen atoms in total. The zero-order valence-corrected chi connectivity index (χ0v) is 15.8. The first kappa shape index (κ1) is 18.5. The Morgan fingerprint density at radius 2 is 1.55 bits per heavy atom. The predicted molar refractivity (Wildman–Crippen MR) is 109 cm³/mol. The van der Waals surface area contributed by atoms with Crippen LogP contribution in [0.5, 0.6) is 0 Å². The van der Waals surface area contributed by atoms with E-state index >= 15 is 0 Å². The van der Waals surface area contributed by atoms with Gasteiger partial charge in [-0.3, -0.25) is 0 Å². The first-order valence-corrected chi connectivity index (χ1v) is 9.07. The predicted octanol–water partition coefficient (Wildman–Crippen LogP) is 5.24. The molecule has 0 aliphatic heterocycles. The van der Waals surface area contributed by atoms with Crippen molar-refractivity contribution in [3.63, 3.8) is 0 Å². The van der Waals surface area contributed by atoms with E-state index in [2.05, 4.69) is 0 Å². The summed E-state index contributed by atoms with van der Waals surface area (Å²) in [6.45, 7) is 0.230. The average Bonchev–Trinajstić information content (AvgIpc) is 3.21. The Balaban J connectivity index is 1.50. The molecule has 0 unspecified atom stereocenters. The van der Waals surface area contributed by atoms with Crippen LogP contribution in [-0.2, 0) is 16.1 Å². The minimum Gasteiger partial charge on any atom is -0.465 e. The molecular weight excluding hydrogens is 368 g/mol. The van der Waals surface area contributed by atoms with Crippen LogP contribution in [0.2, 0.25) is 0 Å². The van der Waals surface area contributed by atoms with Crippen molar-refractivity contribution >= 4 is 22.9 Å². The van der Waals surface area contributed by atoms with E-state index in [4.69, 9.17) is 13.9 Å². The summed E-state index contributed by atoms with van der Waals surface area (Å²) in [5.41, 5.74) is 3.24. The molecular formula is C24H18O5. The summed E-state index contributed by atoms with van der Waals surface area (Å²) in [7, 11) is 1.34. The number of furan rings is 1. The Kier molecular flexibility index (Phi) is 5.12. The smallest absolute Gasteiger partial charge is 0.338 e. The molecule has 0 aliphatic carbocycles. The molecule has 0 bridgehead atoms. The number of carbonyl (C=O) groups excluding carboxylic acids is 2. The highest BCUT2D eigenvalue weighted by molar-refractivity contribution is 5.95. The number of hydrogen-bond acceptors (Lipinski definition) is 5. The zero-order valence-electron chi connectivity index (χ0n) is 15.8. The van der Waals surface area contributed by atoms with E-state index in [9.17, 15) is 9.59 Å². The fourth-order valence-electron chi connectivity index (χ4n) is 3.00. The van der Waals surface area contributed by atoms with E-state index in [-0.39, 0.29) is 12.6 Å². The molecule has 0 spiro atoms. The molecule has 29 heavy (non-hydrogen) atoms.